The molecule has 0 saturated carbocycles. The zero-order valence-electron chi connectivity index (χ0n) is 23.9. The van der Waals surface area contributed by atoms with E-state index in [1.165, 1.54) is 19.4 Å². The molecule has 3 aromatic heterocycles. The number of methoxy groups -OCH3 is 1. The Labute approximate surface area is 253 Å². The van der Waals surface area contributed by atoms with Crippen molar-refractivity contribution in [2.75, 3.05) is 32.3 Å². The lowest BCUT2D eigenvalue weighted by atomic mass is 10.1. The van der Waals surface area contributed by atoms with Crippen LogP contribution in [0.15, 0.2) is 29.7 Å². The molecule has 45 heavy (non-hydrogen) atoms. The minimum atomic E-state index is -5.02. The number of rotatable bonds is 12. The summed E-state index contributed by atoms with van der Waals surface area (Å²) < 4.78 is 80.7. The average molecular weight is 680 g/mol. The molecule has 0 aromatic carbocycles. The molecule has 248 valence electrons. The molecule has 5 rings (SSSR count). The van der Waals surface area contributed by atoms with Crippen molar-refractivity contribution in [2.45, 2.75) is 62.5 Å². The van der Waals surface area contributed by atoms with Crippen LogP contribution in [0, 0.1) is 0 Å². The number of imidazole rings is 1. The number of halogens is 1. The summed E-state index contributed by atoms with van der Waals surface area (Å²) in [6.45, 7) is 0.843. The third-order valence-corrected chi connectivity index (χ3v) is 9.11. The van der Waals surface area contributed by atoms with Crippen molar-refractivity contribution in [2.24, 2.45) is 0 Å². The van der Waals surface area contributed by atoms with Gasteiger partial charge in [0.05, 0.1) is 19.0 Å². The quantitative estimate of drug-likeness (QED) is 0.189. The second kappa shape index (κ2) is 13.0. The first kappa shape index (κ1) is 33.4. The van der Waals surface area contributed by atoms with Gasteiger partial charge < -0.3 is 35.5 Å². The Bertz CT molecular complexity index is 1680. The lowest BCUT2D eigenvalue weighted by Crippen LogP contribution is -2.38. The summed E-state index contributed by atoms with van der Waals surface area (Å²) in [6, 6.07) is 1.36. The van der Waals surface area contributed by atoms with Crippen LogP contribution in [-0.2, 0) is 41.4 Å². The Morgan fingerprint density at radius 3 is 2.38 bits per heavy atom. The molecular formula is C22H31FN8O12P2. The van der Waals surface area contributed by atoms with E-state index < -0.39 is 77.1 Å². The molecule has 0 radical (unpaired) electrons. The molecule has 2 saturated heterocycles. The van der Waals surface area contributed by atoms with Crippen LogP contribution in [0.5, 0.6) is 0 Å². The molecular weight excluding hydrogens is 649 g/mol. The van der Waals surface area contributed by atoms with Crippen LogP contribution in [0.4, 0.5) is 16.0 Å². The van der Waals surface area contributed by atoms with E-state index in [1.807, 2.05) is 0 Å². The van der Waals surface area contributed by atoms with E-state index in [2.05, 4.69) is 24.5 Å². The fourth-order valence-corrected chi connectivity index (χ4v) is 6.65. The summed E-state index contributed by atoms with van der Waals surface area (Å²) in [5, 5.41) is 0. The number of anilines is 2. The van der Waals surface area contributed by atoms with Crippen LogP contribution < -0.4 is 17.2 Å². The lowest BCUT2D eigenvalue weighted by Gasteiger charge is -2.26. The Balaban J connectivity index is 1.35. The van der Waals surface area contributed by atoms with E-state index in [4.69, 9.17) is 39.2 Å². The normalized spacial score (nSPS) is 31.2. The molecule has 20 nitrogen and oxygen atoms in total. The van der Waals surface area contributed by atoms with Gasteiger partial charge in [-0.15, -0.1) is 0 Å². The fourth-order valence-electron chi connectivity index (χ4n) is 5.04. The van der Waals surface area contributed by atoms with Gasteiger partial charge >= 0.3 is 21.3 Å². The Hall–Kier alpha value is -2.94. The van der Waals surface area contributed by atoms with Crippen LogP contribution in [0.25, 0.3) is 11.2 Å². The highest BCUT2D eigenvalue weighted by molar-refractivity contribution is 7.47. The van der Waals surface area contributed by atoms with Gasteiger partial charge in [-0.1, -0.05) is 6.92 Å². The molecule has 6 N–H and O–H groups in total. The first-order chi connectivity index (χ1) is 21.3. The highest BCUT2D eigenvalue weighted by Crippen LogP contribution is 2.52. The van der Waals surface area contributed by atoms with Gasteiger partial charge in [0.15, 0.2) is 30.1 Å². The highest BCUT2D eigenvalue weighted by atomic mass is 31.2. The number of nitrogen functional groups attached to an aromatic ring is 2. The smallest absolute Gasteiger partial charge is 0.383 e. The van der Waals surface area contributed by atoms with Crippen molar-refractivity contribution in [3.05, 3.63) is 35.4 Å². The van der Waals surface area contributed by atoms with Gasteiger partial charge in [-0.2, -0.15) is 4.98 Å². The minimum absolute atomic E-state index is 0.00728. The van der Waals surface area contributed by atoms with Gasteiger partial charge in [-0.05, 0) is 12.5 Å². The fraction of sp³-hybridized carbons (Fsp3) is 0.591. The molecule has 0 amide bonds. The van der Waals surface area contributed by atoms with Crippen LogP contribution in [0.3, 0.4) is 0 Å². The summed E-state index contributed by atoms with van der Waals surface area (Å²) >= 11 is 0. The lowest BCUT2D eigenvalue weighted by molar-refractivity contribution is -0.0572. The number of hydrogen-bond donors (Lipinski definition) is 4. The highest BCUT2D eigenvalue weighted by Gasteiger charge is 2.53. The van der Waals surface area contributed by atoms with E-state index in [0.29, 0.717) is 0 Å². The average Bonchev–Trinajstić information content (AvgIpc) is 3.66. The molecule has 0 aliphatic carbocycles. The Kier molecular flexibility index (Phi) is 9.69. The Morgan fingerprint density at radius 2 is 1.71 bits per heavy atom. The van der Waals surface area contributed by atoms with E-state index in [0.717, 1.165) is 28.9 Å². The van der Waals surface area contributed by atoms with E-state index in [-0.39, 0.29) is 29.2 Å². The third kappa shape index (κ3) is 6.79. The maximum atomic E-state index is 15.8. The van der Waals surface area contributed by atoms with Crippen molar-refractivity contribution in [1.29, 1.82) is 0 Å². The number of phosphoric acid groups is 2. The Morgan fingerprint density at radius 1 is 1.00 bits per heavy atom. The first-order valence-corrected chi connectivity index (χ1v) is 16.3. The third-order valence-electron chi connectivity index (χ3n) is 7.16. The minimum Gasteiger partial charge on any atom is -0.383 e. The molecule has 10 atom stereocenters. The van der Waals surface area contributed by atoms with Crippen LogP contribution in [-0.4, -0.2) is 96.4 Å². The van der Waals surface area contributed by atoms with Crippen molar-refractivity contribution < 1.29 is 55.6 Å². The maximum absolute atomic E-state index is 15.8. The number of phosphoric ester groups is 2. The van der Waals surface area contributed by atoms with Gasteiger partial charge in [0.2, 0.25) is 0 Å². The SMILES string of the molecule is CC[C@H]1O[C@@H](n2ccc(N)nc2=O)C(OC)[C@H]1OP(=O)(O)OC[C@H]1O[C@@H](n2cnc3c(N)ncnc32)C(F)[C@H]1OP(=O)(O)OC. The van der Waals surface area contributed by atoms with Crippen LogP contribution >= 0.6 is 15.6 Å². The predicted molar refractivity (Wildman–Crippen MR) is 149 cm³/mol. The zero-order chi connectivity index (χ0) is 32.7. The van der Waals surface area contributed by atoms with Gasteiger partial charge in [-0.3, -0.25) is 27.2 Å². The summed E-state index contributed by atoms with van der Waals surface area (Å²) in [5.41, 5.74) is 10.8. The van der Waals surface area contributed by atoms with Crippen molar-refractivity contribution >= 4 is 38.4 Å². The van der Waals surface area contributed by atoms with Crippen LogP contribution in [0.2, 0.25) is 0 Å². The number of fused-ring (bicyclic) bond motifs is 1. The molecule has 23 heteroatoms. The maximum Gasteiger partial charge on any atom is 0.472 e. The number of nitrogens with two attached hydrogens (primary N) is 2. The molecule has 2 aliphatic rings. The molecule has 2 fully saturated rings. The van der Waals surface area contributed by atoms with Gasteiger partial charge in [0, 0.05) is 20.4 Å². The largest absolute Gasteiger partial charge is 0.472 e. The first-order valence-electron chi connectivity index (χ1n) is 13.3. The summed E-state index contributed by atoms with van der Waals surface area (Å²) in [4.78, 5) is 48.6. The molecule has 3 aromatic rings. The van der Waals surface area contributed by atoms with Crippen LogP contribution in [0.1, 0.15) is 25.8 Å². The molecule has 2 aliphatic heterocycles. The van der Waals surface area contributed by atoms with Crippen molar-refractivity contribution in [3.8, 4) is 0 Å². The molecule has 0 spiro atoms. The monoisotopic (exact) mass is 680 g/mol. The summed E-state index contributed by atoms with van der Waals surface area (Å²) in [6.07, 6.45) is -7.54. The molecule has 4 unspecified atom stereocenters. The molecule has 0 bridgehead atoms. The predicted octanol–water partition coefficient (Wildman–Crippen LogP) is 0.440. The zero-order valence-corrected chi connectivity index (χ0v) is 25.7. The van der Waals surface area contributed by atoms with Gasteiger partial charge in [0.25, 0.3) is 0 Å². The van der Waals surface area contributed by atoms with E-state index in [1.54, 1.807) is 6.92 Å². The van der Waals surface area contributed by atoms with Crippen molar-refractivity contribution in [1.82, 2.24) is 29.1 Å². The van der Waals surface area contributed by atoms with Crippen molar-refractivity contribution in [3.63, 3.8) is 0 Å². The van der Waals surface area contributed by atoms with E-state index >= 15 is 4.39 Å². The molecule has 5 heterocycles. The second-order valence-electron chi connectivity index (χ2n) is 9.86. The second-order valence-corrected chi connectivity index (χ2v) is 12.8. The topological polar surface area (TPSA) is 270 Å². The number of ether oxygens (including phenoxy) is 3. The van der Waals surface area contributed by atoms with Gasteiger partial charge in [-0.25, -0.2) is 33.3 Å². The number of hydrogen-bond acceptors (Lipinski definition) is 16. The standard InChI is InChI=1S/C22H31FN8O12P2/c1-4-10-16(17(37-2)21(40-10)30-6-5-12(24)29-22(30)32)43-45(35,36)39-7-11-15(42-44(33,34)38-3)13(23)20(41-11)31-9-28-14-18(25)26-8-27-19(14)31/h5-6,8-11,13,15-17,20-21H,4,7H2,1-3H3,(H,33,34)(H,35,36)(H2,24,29,32)(H2,25,26,27)/t10-,11-,13?,15+,16+,17?,20-,21-/m1/s1. The number of nitrogens with zero attached hydrogens (tertiary/aromatic N) is 6. The summed E-state index contributed by atoms with van der Waals surface area (Å²) in [7, 11) is -7.67. The number of aromatic nitrogens is 6. The van der Waals surface area contributed by atoms with E-state index in [9.17, 15) is 23.7 Å². The number of alkyl halides is 1. The summed E-state index contributed by atoms with van der Waals surface area (Å²) in [5.74, 6) is -0.0139. The van der Waals surface area contributed by atoms with Gasteiger partial charge in [0.1, 0.15) is 42.1 Å².